The zero-order valence-corrected chi connectivity index (χ0v) is 14.6. The van der Waals surface area contributed by atoms with Crippen LogP contribution in [0.2, 0.25) is 0 Å². The van der Waals surface area contributed by atoms with Gasteiger partial charge in [0.2, 0.25) is 5.91 Å². The molecule has 1 N–H and O–H groups in total. The lowest BCUT2D eigenvalue weighted by Crippen LogP contribution is -2.37. The third kappa shape index (κ3) is 2.75. The van der Waals surface area contributed by atoms with E-state index in [9.17, 15) is 14.0 Å². The van der Waals surface area contributed by atoms with Crippen molar-refractivity contribution in [2.45, 2.75) is 37.9 Å². The SMILES string of the molecule is O=C(NC1CC2CN(C(=O)c3ccc4c(c3)OCC4)CC2C1)C1CC1F. The summed E-state index contributed by atoms with van der Waals surface area (Å²) < 4.78 is 18.6. The fourth-order valence-electron chi connectivity index (χ4n) is 4.81. The average Bonchev–Trinajstić information content (AvgIpc) is 2.98. The van der Waals surface area contributed by atoms with Crippen molar-refractivity contribution in [1.82, 2.24) is 10.2 Å². The number of benzene rings is 1. The molecule has 1 saturated heterocycles. The standard InChI is InChI=1S/C20H23FN2O3/c21-17-8-16(17)19(24)22-15-5-13-9-23(10-14(13)6-15)20(25)12-2-1-11-3-4-26-18(11)7-12/h1-2,7,13-17H,3-6,8-10H2,(H,22,24). The van der Waals surface area contributed by atoms with Gasteiger partial charge in [-0.05, 0) is 48.8 Å². The second-order valence-corrected chi connectivity index (χ2v) is 8.19. The van der Waals surface area contributed by atoms with Gasteiger partial charge in [0, 0.05) is 31.1 Å². The molecule has 4 aliphatic rings. The van der Waals surface area contributed by atoms with Crippen LogP contribution in [0.15, 0.2) is 18.2 Å². The van der Waals surface area contributed by atoms with Gasteiger partial charge in [0.05, 0.1) is 12.5 Å². The van der Waals surface area contributed by atoms with E-state index in [1.807, 2.05) is 23.1 Å². The minimum absolute atomic E-state index is 0.0662. The molecular formula is C20H23FN2O3. The summed E-state index contributed by atoms with van der Waals surface area (Å²) in [4.78, 5) is 26.7. The number of ether oxygens (including phenoxy) is 1. The Bertz CT molecular complexity index is 753. The van der Waals surface area contributed by atoms with Crippen molar-refractivity contribution in [3.63, 3.8) is 0 Å². The lowest BCUT2D eigenvalue weighted by molar-refractivity contribution is -0.123. The number of fused-ring (bicyclic) bond motifs is 2. The van der Waals surface area contributed by atoms with Crippen LogP contribution in [0.25, 0.3) is 0 Å². The van der Waals surface area contributed by atoms with Gasteiger partial charge in [0.25, 0.3) is 5.91 Å². The van der Waals surface area contributed by atoms with Crippen LogP contribution in [-0.2, 0) is 11.2 Å². The Hall–Kier alpha value is -2.11. The van der Waals surface area contributed by atoms with E-state index in [-0.39, 0.29) is 17.9 Å². The molecule has 0 spiro atoms. The zero-order chi connectivity index (χ0) is 17.8. The molecule has 0 aromatic heterocycles. The lowest BCUT2D eigenvalue weighted by Gasteiger charge is -2.20. The van der Waals surface area contributed by atoms with E-state index < -0.39 is 12.1 Å². The van der Waals surface area contributed by atoms with Gasteiger partial charge < -0.3 is 15.0 Å². The van der Waals surface area contributed by atoms with Crippen LogP contribution in [0.5, 0.6) is 5.75 Å². The number of halogens is 1. The van der Waals surface area contributed by atoms with Crippen LogP contribution in [0.4, 0.5) is 4.39 Å². The van der Waals surface area contributed by atoms with E-state index >= 15 is 0 Å². The van der Waals surface area contributed by atoms with E-state index in [1.54, 1.807) is 0 Å². The molecule has 1 aromatic carbocycles. The van der Waals surface area contributed by atoms with Gasteiger partial charge in [0.15, 0.2) is 0 Å². The molecule has 0 radical (unpaired) electrons. The summed E-state index contributed by atoms with van der Waals surface area (Å²) in [5.74, 6) is 1.20. The summed E-state index contributed by atoms with van der Waals surface area (Å²) >= 11 is 0. The van der Waals surface area contributed by atoms with E-state index in [1.165, 1.54) is 5.56 Å². The Morgan fingerprint density at radius 2 is 1.88 bits per heavy atom. The third-order valence-corrected chi connectivity index (χ3v) is 6.38. The molecule has 2 aliphatic carbocycles. The molecular weight excluding hydrogens is 335 g/mol. The van der Waals surface area contributed by atoms with Crippen molar-refractivity contribution < 1.29 is 18.7 Å². The van der Waals surface area contributed by atoms with Gasteiger partial charge in [0.1, 0.15) is 11.9 Å². The third-order valence-electron chi connectivity index (χ3n) is 6.38. The Morgan fingerprint density at radius 1 is 1.15 bits per heavy atom. The number of alkyl halides is 1. The molecule has 6 heteroatoms. The predicted octanol–water partition coefficient (Wildman–Crippen LogP) is 1.95. The van der Waals surface area contributed by atoms with Crippen molar-refractivity contribution in [2.24, 2.45) is 17.8 Å². The smallest absolute Gasteiger partial charge is 0.254 e. The highest BCUT2D eigenvalue weighted by molar-refractivity contribution is 5.95. The Morgan fingerprint density at radius 3 is 2.58 bits per heavy atom. The molecule has 2 aliphatic heterocycles. The number of carbonyl (C=O) groups excluding carboxylic acids is 2. The molecule has 2 heterocycles. The summed E-state index contributed by atoms with van der Waals surface area (Å²) in [6.07, 6.45) is 2.11. The number of nitrogens with zero attached hydrogens (tertiary/aromatic N) is 1. The number of carbonyl (C=O) groups is 2. The van der Waals surface area contributed by atoms with Gasteiger partial charge in [-0.3, -0.25) is 9.59 Å². The first kappa shape index (κ1) is 16.1. The van der Waals surface area contributed by atoms with Crippen LogP contribution >= 0.6 is 0 Å². The van der Waals surface area contributed by atoms with Gasteiger partial charge in [-0.25, -0.2) is 4.39 Å². The highest BCUT2D eigenvalue weighted by Gasteiger charge is 2.47. The average molecular weight is 358 g/mol. The van der Waals surface area contributed by atoms with E-state index in [4.69, 9.17) is 4.74 Å². The molecule has 5 nitrogen and oxygen atoms in total. The summed E-state index contributed by atoms with van der Waals surface area (Å²) in [5, 5.41) is 3.00. The van der Waals surface area contributed by atoms with Crippen molar-refractivity contribution in [3.05, 3.63) is 29.3 Å². The predicted molar refractivity (Wildman–Crippen MR) is 92.7 cm³/mol. The van der Waals surface area contributed by atoms with Crippen LogP contribution in [-0.4, -0.2) is 48.6 Å². The molecule has 2 amide bonds. The molecule has 26 heavy (non-hydrogen) atoms. The second kappa shape index (κ2) is 5.96. The molecule has 0 bridgehead atoms. The second-order valence-electron chi connectivity index (χ2n) is 8.19. The first-order chi connectivity index (χ1) is 12.6. The van der Waals surface area contributed by atoms with Gasteiger partial charge in [-0.1, -0.05) is 6.07 Å². The Kier molecular flexibility index (Phi) is 3.69. The Labute approximate surface area is 151 Å². The molecule has 3 fully saturated rings. The summed E-state index contributed by atoms with van der Waals surface area (Å²) in [5.41, 5.74) is 1.86. The van der Waals surface area contributed by atoms with Crippen LogP contribution in [0.3, 0.4) is 0 Å². The van der Waals surface area contributed by atoms with E-state index in [0.717, 1.165) is 38.1 Å². The molecule has 4 atom stereocenters. The quantitative estimate of drug-likeness (QED) is 0.898. The first-order valence-electron chi connectivity index (χ1n) is 9.58. The fourth-order valence-corrected chi connectivity index (χ4v) is 4.81. The normalized spacial score (nSPS) is 34.2. The summed E-state index contributed by atoms with van der Waals surface area (Å²) in [7, 11) is 0. The first-order valence-corrected chi connectivity index (χ1v) is 9.58. The zero-order valence-electron chi connectivity index (χ0n) is 14.6. The van der Waals surface area contributed by atoms with Crippen LogP contribution in [0.1, 0.15) is 35.2 Å². The molecule has 5 rings (SSSR count). The maximum Gasteiger partial charge on any atom is 0.254 e. The number of rotatable bonds is 3. The van der Waals surface area contributed by atoms with Crippen molar-refractivity contribution >= 4 is 11.8 Å². The van der Waals surface area contributed by atoms with Crippen LogP contribution in [0, 0.1) is 17.8 Å². The van der Waals surface area contributed by atoms with E-state index in [0.29, 0.717) is 30.4 Å². The molecule has 2 saturated carbocycles. The van der Waals surface area contributed by atoms with E-state index in [2.05, 4.69) is 5.32 Å². The maximum atomic E-state index is 13.0. The largest absolute Gasteiger partial charge is 0.493 e. The highest BCUT2D eigenvalue weighted by Crippen LogP contribution is 2.40. The maximum absolute atomic E-state index is 13.0. The summed E-state index contributed by atoms with van der Waals surface area (Å²) in [6.45, 7) is 2.17. The molecule has 4 unspecified atom stereocenters. The number of hydrogen-bond donors (Lipinski definition) is 1. The number of nitrogens with one attached hydrogen (secondary N) is 1. The number of hydrogen-bond acceptors (Lipinski definition) is 3. The van der Waals surface area contributed by atoms with Crippen molar-refractivity contribution in [2.75, 3.05) is 19.7 Å². The lowest BCUT2D eigenvalue weighted by atomic mass is 10.0. The van der Waals surface area contributed by atoms with Gasteiger partial charge >= 0.3 is 0 Å². The van der Waals surface area contributed by atoms with Gasteiger partial charge in [-0.2, -0.15) is 0 Å². The summed E-state index contributed by atoms with van der Waals surface area (Å²) in [6, 6.07) is 5.89. The monoisotopic (exact) mass is 358 g/mol. The Balaban J connectivity index is 1.19. The minimum atomic E-state index is -0.944. The molecule has 138 valence electrons. The molecule has 1 aromatic rings. The van der Waals surface area contributed by atoms with Crippen molar-refractivity contribution in [1.29, 1.82) is 0 Å². The number of amides is 2. The van der Waals surface area contributed by atoms with Gasteiger partial charge in [-0.15, -0.1) is 0 Å². The van der Waals surface area contributed by atoms with Crippen molar-refractivity contribution in [3.8, 4) is 5.75 Å². The number of likely N-dealkylation sites (tertiary alicyclic amines) is 1. The fraction of sp³-hybridized carbons (Fsp3) is 0.600. The van der Waals surface area contributed by atoms with Crippen LogP contribution < -0.4 is 10.1 Å². The highest BCUT2D eigenvalue weighted by atomic mass is 19.1. The minimum Gasteiger partial charge on any atom is -0.493 e. The topological polar surface area (TPSA) is 58.6 Å².